The highest BCUT2D eigenvalue weighted by Crippen LogP contribution is 2.20. The smallest absolute Gasteiger partial charge is 0.343 e. The molecule has 5 nitrogen and oxygen atoms in total. The fourth-order valence-corrected chi connectivity index (χ4v) is 2.34. The molecule has 0 aliphatic carbocycles. The number of aryl methyl sites for hydroxylation is 3. The number of ether oxygens (including phenoxy) is 2. The van der Waals surface area contributed by atoms with E-state index >= 15 is 0 Å². The maximum absolute atomic E-state index is 12.0. The highest BCUT2D eigenvalue weighted by atomic mass is 35.5. The van der Waals surface area contributed by atoms with Crippen molar-refractivity contribution in [2.24, 2.45) is 0 Å². The average molecular weight is 398 g/mol. The molecule has 28 heavy (non-hydrogen) atoms. The van der Waals surface area contributed by atoms with Crippen molar-refractivity contribution in [2.75, 3.05) is 0 Å². The van der Waals surface area contributed by atoms with Crippen LogP contribution >= 0.6 is 11.6 Å². The van der Waals surface area contributed by atoms with Gasteiger partial charge in [-0.05, 0) is 50.1 Å². The first-order valence-corrected chi connectivity index (χ1v) is 8.84. The molecule has 1 aromatic heterocycles. The van der Waals surface area contributed by atoms with Gasteiger partial charge in [0.05, 0.1) is 16.8 Å². The van der Waals surface area contributed by atoms with Crippen molar-refractivity contribution in [3.8, 4) is 11.5 Å². The summed E-state index contributed by atoms with van der Waals surface area (Å²) in [5, 5.41) is 0.444. The van der Waals surface area contributed by atoms with Crippen LogP contribution in [0.15, 0.2) is 60.9 Å². The van der Waals surface area contributed by atoms with Crippen LogP contribution in [0.25, 0.3) is 0 Å². The highest BCUT2D eigenvalue weighted by Gasteiger charge is 2.10. The third-order valence-corrected chi connectivity index (χ3v) is 3.90. The Kier molecular flexibility index (Phi) is 7.72. The van der Waals surface area contributed by atoms with Crippen LogP contribution in [0.2, 0.25) is 5.02 Å². The number of pyridine rings is 1. The first-order chi connectivity index (χ1) is 13.4. The molecule has 3 aromatic rings. The van der Waals surface area contributed by atoms with Crippen molar-refractivity contribution in [2.45, 2.75) is 20.8 Å². The Hall–Kier alpha value is -3.18. The summed E-state index contributed by atoms with van der Waals surface area (Å²) in [7, 11) is 0. The van der Waals surface area contributed by atoms with E-state index in [9.17, 15) is 9.59 Å². The van der Waals surface area contributed by atoms with Crippen LogP contribution < -0.4 is 9.47 Å². The molecule has 0 saturated heterocycles. The lowest BCUT2D eigenvalue weighted by Gasteiger charge is -2.08. The lowest BCUT2D eigenvalue weighted by molar-refractivity contribution is -0.120. The van der Waals surface area contributed by atoms with E-state index in [-0.39, 0.29) is 5.97 Å². The second-order valence-corrected chi connectivity index (χ2v) is 6.51. The molecule has 0 spiro atoms. The topological polar surface area (TPSA) is 65.5 Å². The quantitative estimate of drug-likeness (QED) is 0.348. The molecular weight excluding hydrogens is 378 g/mol. The van der Waals surface area contributed by atoms with E-state index in [1.807, 2.05) is 51.1 Å². The van der Waals surface area contributed by atoms with E-state index < -0.39 is 0 Å². The Balaban J connectivity index is 0.000000237. The lowest BCUT2D eigenvalue weighted by atomic mass is 10.1. The summed E-state index contributed by atoms with van der Waals surface area (Å²) in [6, 6.07) is 14.7. The van der Waals surface area contributed by atoms with Crippen molar-refractivity contribution >= 4 is 24.0 Å². The molecule has 1 heterocycles. The van der Waals surface area contributed by atoms with Crippen molar-refractivity contribution in [3.63, 3.8) is 0 Å². The second kappa shape index (κ2) is 10.2. The summed E-state index contributed by atoms with van der Waals surface area (Å²) in [5.74, 6) is 0.659. The molecule has 0 amide bonds. The fraction of sp³-hybridized carbons (Fsp3) is 0.136. The molecule has 144 valence electrons. The maximum atomic E-state index is 12.0. The third kappa shape index (κ3) is 6.52. The minimum atomic E-state index is -0.316. The van der Waals surface area contributed by atoms with Crippen molar-refractivity contribution in [1.29, 1.82) is 0 Å². The van der Waals surface area contributed by atoms with Gasteiger partial charge in [0.25, 0.3) is 6.47 Å². The number of nitrogens with zero attached hydrogens (tertiary/aromatic N) is 1. The molecule has 0 atom stereocenters. The van der Waals surface area contributed by atoms with Crippen LogP contribution in [0.4, 0.5) is 0 Å². The Morgan fingerprint density at radius 2 is 1.64 bits per heavy atom. The van der Waals surface area contributed by atoms with Crippen molar-refractivity contribution in [1.82, 2.24) is 4.98 Å². The first kappa shape index (κ1) is 21.1. The number of benzene rings is 2. The summed E-state index contributed by atoms with van der Waals surface area (Å²) in [4.78, 5) is 25.4. The van der Waals surface area contributed by atoms with Gasteiger partial charge in [-0.1, -0.05) is 41.4 Å². The summed E-state index contributed by atoms with van der Waals surface area (Å²) in [6.07, 6.45) is 2.86. The monoisotopic (exact) mass is 397 g/mol. The Morgan fingerprint density at radius 3 is 2.29 bits per heavy atom. The van der Waals surface area contributed by atoms with Crippen LogP contribution in [0, 0.1) is 20.8 Å². The van der Waals surface area contributed by atoms with Gasteiger partial charge in [-0.3, -0.25) is 9.78 Å². The SMILES string of the molecule is Cc1ccc(C(=O)Oc2cc(C)ccc2C)cc1.O=COc1cncc(Cl)c1. The Labute approximate surface area is 168 Å². The molecule has 2 aromatic carbocycles. The van der Waals surface area contributed by atoms with E-state index in [1.54, 1.807) is 12.1 Å². The standard InChI is InChI=1S/C16H16O2.C6H4ClNO2/c1-11-5-8-14(9-6-11)16(17)18-15-10-12(2)4-7-13(15)3;7-5-1-6(10-4-9)3-8-2-5/h4-10H,1-3H3;1-4H. The Bertz CT molecular complexity index is 955. The molecule has 0 N–H and O–H groups in total. The largest absolute Gasteiger partial charge is 0.427 e. The number of halogens is 1. The Morgan fingerprint density at radius 1 is 0.964 bits per heavy atom. The van der Waals surface area contributed by atoms with Gasteiger partial charge in [-0.2, -0.15) is 0 Å². The summed E-state index contributed by atoms with van der Waals surface area (Å²) in [5.41, 5.74) is 3.73. The molecule has 0 aliphatic rings. The molecule has 0 radical (unpaired) electrons. The molecule has 0 fully saturated rings. The highest BCUT2D eigenvalue weighted by molar-refractivity contribution is 6.30. The van der Waals surface area contributed by atoms with Gasteiger partial charge in [0.15, 0.2) is 0 Å². The number of aromatic nitrogens is 1. The predicted octanol–water partition coefficient (Wildman–Crippen LogP) is 5.10. The zero-order chi connectivity index (χ0) is 20.5. The summed E-state index contributed by atoms with van der Waals surface area (Å²) in [6.45, 7) is 6.22. The van der Waals surface area contributed by atoms with Crippen LogP contribution in [0.3, 0.4) is 0 Å². The molecule has 0 unspecified atom stereocenters. The summed E-state index contributed by atoms with van der Waals surface area (Å²) >= 11 is 5.52. The van der Waals surface area contributed by atoms with Gasteiger partial charge < -0.3 is 9.47 Å². The number of rotatable bonds is 4. The van der Waals surface area contributed by atoms with Gasteiger partial charge >= 0.3 is 5.97 Å². The lowest BCUT2D eigenvalue weighted by Crippen LogP contribution is -2.09. The molecular formula is C22H20ClNO4. The number of hydrogen-bond acceptors (Lipinski definition) is 5. The predicted molar refractivity (Wildman–Crippen MR) is 108 cm³/mol. The van der Waals surface area contributed by atoms with E-state index in [1.165, 1.54) is 18.5 Å². The normalized spacial score (nSPS) is 9.71. The van der Waals surface area contributed by atoms with E-state index in [4.69, 9.17) is 16.3 Å². The van der Waals surface area contributed by atoms with E-state index in [2.05, 4.69) is 9.72 Å². The van der Waals surface area contributed by atoms with Gasteiger partial charge in [-0.25, -0.2) is 4.79 Å². The molecule has 3 rings (SSSR count). The van der Waals surface area contributed by atoms with E-state index in [0.717, 1.165) is 16.7 Å². The van der Waals surface area contributed by atoms with E-state index in [0.29, 0.717) is 28.6 Å². The minimum absolute atomic E-state index is 0.316. The zero-order valence-electron chi connectivity index (χ0n) is 15.8. The fourth-order valence-electron chi connectivity index (χ4n) is 2.18. The number of carbonyl (C=O) groups excluding carboxylic acids is 2. The van der Waals surface area contributed by atoms with Gasteiger partial charge in [-0.15, -0.1) is 0 Å². The number of carbonyl (C=O) groups is 2. The molecule has 0 aliphatic heterocycles. The van der Waals surface area contributed by atoms with Gasteiger partial charge in [0, 0.05) is 12.3 Å². The minimum Gasteiger partial charge on any atom is -0.427 e. The molecule has 0 saturated carbocycles. The molecule has 6 heteroatoms. The second-order valence-electron chi connectivity index (χ2n) is 6.08. The van der Waals surface area contributed by atoms with Gasteiger partial charge in [0.2, 0.25) is 0 Å². The van der Waals surface area contributed by atoms with Crippen LogP contribution in [0.1, 0.15) is 27.0 Å². The number of hydrogen-bond donors (Lipinski definition) is 0. The maximum Gasteiger partial charge on any atom is 0.343 e. The average Bonchev–Trinajstić information content (AvgIpc) is 2.66. The van der Waals surface area contributed by atoms with Gasteiger partial charge in [0.1, 0.15) is 11.5 Å². The van der Waals surface area contributed by atoms with Crippen molar-refractivity contribution < 1.29 is 19.1 Å². The first-order valence-electron chi connectivity index (χ1n) is 8.46. The third-order valence-electron chi connectivity index (χ3n) is 3.70. The zero-order valence-corrected chi connectivity index (χ0v) is 16.6. The van der Waals surface area contributed by atoms with Crippen molar-refractivity contribution in [3.05, 3.63) is 88.2 Å². The molecule has 0 bridgehead atoms. The van der Waals surface area contributed by atoms with Crippen LogP contribution in [-0.2, 0) is 4.79 Å². The van der Waals surface area contributed by atoms with Crippen LogP contribution in [-0.4, -0.2) is 17.4 Å². The summed E-state index contributed by atoms with van der Waals surface area (Å²) < 4.78 is 9.87. The van der Waals surface area contributed by atoms with Crippen LogP contribution in [0.5, 0.6) is 11.5 Å². The number of esters is 1.